The van der Waals surface area contributed by atoms with Gasteiger partial charge in [0, 0.05) is 13.6 Å². The van der Waals surface area contributed by atoms with E-state index in [9.17, 15) is 4.79 Å². The van der Waals surface area contributed by atoms with Crippen LogP contribution in [0.25, 0.3) is 0 Å². The fourth-order valence-corrected chi connectivity index (χ4v) is 2.46. The van der Waals surface area contributed by atoms with Crippen molar-refractivity contribution >= 4 is 11.7 Å². The van der Waals surface area contributed by atoms with Crippen LogP contribution in [-0.4, -0.2) is 35.4 Å². The van der Waals surface area contributed by atoms with Crippen molar-refractivity contribution in [3.8, 4) is 0 Å². The normalized spacial score (nSPS) is 19.8. The first kappa shape index (κ1) is 12.8. The van der Waals surface area contributed by atoms with Crippen LogP contribution in [0, 0.1) is 5.41 Å². The van der Waals surface area contributed by atoms with Gasteiger partial charge in [-0.05, 0) is 19.3 Å². The van der Waals surface area contributed by atoms with Gasteiger partial charge in [0.05, 0.1) is 0 Å². The maximum Gasteiger partial charge on any atom is 0.236 e. The zero-order valence-corrected chi connectivity index (χ0v) is 10.1. The predicted molar refractivity (Wildman–Crippen MR) is 62.2 cm³/mol. The summed E-state index contributed by atoms with van der Waals surface area (Å²) in [5.74, 6) is 0.0557. The molecule has 92 valence electrons. The molecule has 1 saturated carbocycles. The van der Waals surface area contributed by atoms with Crippen LogP contribution >= 0.6 is 0 Å². The fraction of sp³-hybridized carbons (Fsp3) is 0.818. The smallest absolute Gasteiger partial charge is 0.236 e. The molecule has 1 aliphatic carbocycles. The molecule has 16 heavy (non-hydrogen) atoms. The number of amides is 1. The van der Waals surface area contributed by atoms with Gasteiger partial charge in [0.1, 0.15) is 5.41 Å². The number of carbonyl (C=O) groups excluding carboxylic acids is 1. The highest BCUT2D eigenvalue weighted by Crippen LogP contribution is 2.39. The summed E-state index contributed by atoms with van der Waals surface area (Å²) in [6.45, 7) is 2.73. The fourth-order valence-electron chi connectivity index (χ4n) is 2.46. The SMILES string of the molecule is CCCN(C)C(=O)C1(C(N)=NO)CCCC1. The number of hydrogen-bond donors (Lipinski definition) is 2. The highest BCUT2D eigenvalue weighted by atomic mass is 16.4. The highest BCUT2D eigenvalue weighted by Gasteiger charge is 2.46. The molecule has 1 aliphatic rings. The van der Waals surface area contributed by atoms with E-state index in [1.54, 1.807) is 11.9 Å². The molecule has 0 bridgehead atoms. The summed E-state index contributed by atoms with van der Waals surface area (Å²) < 4.78 is 0. The Kier molecular flexibility index (Phi) is 4.15. The molecule has 5 nitrogen and oxygen atoms in total. The molecule has 1 amide bonds. The number of rotatable bonds is 4. The number of oxime groups is 1. The molecular formula is C11H21N3O2. The van der Waals surface area contributed by atoms with E-state index in [-0.39, 0.29) is 11.7 Å². The van der Waals surface area contributed by atoms with Crippen LogP contribution in [0.1, 0.15) is 39.0 Å². The van der Waals surface area contributed by atoms with Crippen molar-refractivity contribution in [2.45, 2.75) is 39.0 Å². The Morgan fingerprint density at radius 3 is 2.50 bits per heavy atom. The molecule has 0 aromatic carbocycles. The number of carbonyl (C=O) groups is 1. The number of nitrogens with two attached hydrogens (primary N) is 1. The van der Waals surface area contributed by atoms with Crippen molar-refractivity contribution in [1.82, 2.24) is 4.90 Å². The second-order valence-corrected chi connectivity index (χ2v) is 4.50. The second-order valence-electron chi connectivity index (χ2n) is 4.50. The molecule has 0 radical (unpaired) electrons. The van der Waals surface area contributed by atoms with Gasteiger partial charge >= 0.3 is 0 Å². The Bertz CT molecular complexity index is 283. The summed E-state index contributed by atoms with van der Waals surface area (Å²) in [7, 11) is 1.77. The van der Waals surface area contributed by atoms with Crippen LogP contribution in [-0.2, 0) is 4.79 Å². The molecule has 0 unspecified atom stereocenters. The lowest BCUT2D eigenvalue weighted by molar-refractivity contribution is -0.136. The van der Waals surface area contributed by atoms with Gasteiger partial charge in [-0.25, -0.2) is 0 Å². The molecule has 3 N–H and O–H groups in total. The average Bonchev–Trinajstić information content (AvgIpc) is 2.77. The van der Waals surface area contributed by atoms with E-state index in [0.717, 1.165) is 19.3 Å². The third-order valence-corrected chi connectivity index (χ3v) is 3.37. The van der Waals surface area contributed by atoms with Crippen molar-refractivity contribution < 1.29 is 10.0 Å². The Morgan fingerprint density at radius 1 is 1.50 bits per heavy atom. The van der Waals surface area contributed by atoms with E-state index >= 15 is 0 Å². The summed E-state index contributed by atoms with van der Waals surface area (Å²) >= 11 is 0. The highest BCUT2D eigenvalue weighted by molar-refractivity contribution is 6.06. The molecule has 0 aromatic rings. The van der Waals surface area contributed by atoms with E-state index in [4.69, 9.17) is 10.9 Å². The minimum absolute atomic E-state index is 0.0119. The molecule has 0 aliphatic heterocycles. The maximum atomic E-state index is 12.3. The lowest BCUT2D eigenvalue weighted by Crippen LogP contribution is -2.49. The maximum absolute atomic E-state index is 12.3. The first-order valence-corrected chi connectivity index (χ1v) is 5.82. The van der Waals surface area contributed by atoms with Gasteiger partial charge < -0.3 is 15.8 Å². The Balaban J connectivity index is 2.90. The Labute approximate surface area is 96.3 Å². The van der Waals surface area contributed by atoms with E-state index in [1.807, 2.05) is 6.92 Å². The third kappa shape index (κ3) is 2.13. The van der Waals surface area contributed by atoms with E-state index in [0.29, 0.717) is 19.4 Å². The Morgan fingerprint density at radius 2 is 2.06 bits per heavy atom. The summed E-state index contributed by atoms with van der Waals surface area (Å²) in [6.07, 6.45) is 4.21. The van der Waals surface area contributed by atoms with Crippen molar-refractivity contribution in [2.24, 2.45) is 16.3 Å². The quantitative estimate of drug-likeness (QED) is 0.327. The first-order valence-electron chi connectivity index (χ1n) is 5.82. The van der Waals surface area contributed by atoms with Gasteiger partial charge in [-0.2, -0.15) is 0 Å². The standard InChI is InChI=1S/C11H21N3O2/c1-3-8-14(2)10(15)11(9(12)13-16)6-4-5-7-11/h16H,3-8H2,1-2H3,(H2,12,13). The molecule has 1 fully saturated rings. The third-order valence-electron chi connectivity index (χ3n) is 3.37. The molecule has 0 aromatic heterocycles. The van der Waals surface area contributed by atoms with Crippen LogP contribution in [0.2, 0.25) is 0 Å². The Hall–Kier alpha value is -1.26. The largest absolute Gasteiger partial charge is 0.409 e. The van der Waals surface area contributed by atoms with Crippen molar-refractivity contribution in [1.29, 1.82) is 0 Å². The van der Waals surface area contributed by atoms with Crippen LogP contribution in [0.15, 0.2) is 5.16 Å². The lowest BCUT2D eigenvalue weighted by atomic mass is 9.83. The summed E-state index contributed by atoms with van der Waals surface area (Å²) in [6, 6.07) is 0. The zero-order chi connectivity index (χ0) is 12.2. The molecular weight excluding hydrogens is 206 g/mol. The van der Waals surface area contributed by atoms with E-state index in [1.165, 1.54) is 0 Å². The number of amidine groups is 1. The second kappa shape index (κ2) is 5.18. The molecule has 0 atom stereocenters. The molecule has 0 spiro atoms. The van der Waals surface area contributed by atoms with Crippen LogP contribution in [0.5, 0.6) is 0 Å². The summed E-state index contributed by atoms with van der Waals surface area (Å²) in [4.78, 5) is 14.0. The molecule has 0 heterocycles. The van der Waals surface area contributed by atoms with Gasteiger partial charge in [-0.1, -0.05) is 24.9 Å². The monoisotopic (exact) mass is 227 g/mol. The molecule has 5 heteroatoms. The zero-order valence-electron chi connectivity index (χ0n) is 10.1. The van der Waals surface area contributed by atoms with Crippen LogP contribution in [0.4, 0.5) is 0 Å². The van der Waals surface area contributed by atoms with E-state index in [2.05, 4.69) is 5.16 Å². The van der Waals surface area contributed by atoms with Crippen LogP contribution < -0.4 is 5.73 Å². The summed E-state index contributed by atoms with van der Waals surface area (Å²) in [5.41, 5.74) is 4.95. The average molecular weight is 227 g/mol. The van der Waals surface area contributed by atoms with Gasteiger partial charge in [0.2, 0.25) is 5.91 Å². The van der Waals surface area contributed by atoms with Gasteiger partial charge in [-0.15, -0.1) is 0 Å². The predicted octanol–water partition coefficient (Wildman–Crippen LogP) is 1.16. The van der Waals surface area contributed by atoms with Gasteiger partial charge in [0.25, 0.3) is 0 Å². The van der Waals surface area contributed by atoms with Crippen LogP contribution in [0.3, 0.4) is 0 Å². The topological polar surface area (TPSA) is 78.9 Å². The summed E-state index contributed by atoms with van der Waals surface area (Å²) in [5, 5.41) is 11.9. The molecule has 0 saturated heterocycles. The van der Waals surface area contributed by atoms with Gasteiger partial charge in [0.15, 0.2) is 5.84 Å². The number of nitrogens with zero attached hydrogens (tertiary/aromatic N) is 2. The van der Waals surface area contributed by atoms with Crippen molar-refractivity contribution in [2.75, 3.05) is 13.6 Å². The lowest BCUT2D eigenvalue weighted by Gasteiger charge is -2.30. The minimum atomic E-state index is -0.751. The van der Waals surface area contributed by atoms with Crippen molar-refractivity contribution in [3.63, 3.8) is 0 Å². The first-order chi connectivity index (χ1) is 7.58. The minimum Gasteiger partial charge on any atom is -0.409 e. The van der Waals surface area contributed by atoms with Crippen molar-refractivity contribution in [3.05, 3.63) is 0 Å². The number of hydrogen-bond acceptors (Lipinski definition) is 3. The molecule has 1 rings (SSSR count). The van der Waals surface area contributed by atoms with E-state index < -0.39 is 5.41 Å². The van der Waals surface area contributed by atoms with Gasteiger partial charge in [-0.3, -0.25) is 4.79 Å².